The SMILES string of the molecule is CNC1N=C(c2cccs2)C=CN1c1nc2c(Cl)cc(CCN)cc2s1. The first-order valence-corrected chi connectivity index (χ1v) is 10.3. The van der Waals surface area contributed by atoms with Gasteiger partial charge in [-0.25, -0.2) is 9.98 Å². The number of allylic oxidation sites excluding steroid dienone is 1. The van der Waals surface area contributed by atoms with E-state index in [4.69, 9.17) is 27.3 Å². The first-order chi connectivity index (χ1) is 12.7. The Morgan fingerprint density at radius 2 is 2.27 bits per heavy atom. The number of nitrogens with zero attached hydrogens (tertiary/aromatic N) is 3. The Morgan fingerprint density at radius 3 is 3.00 bits per heavy atom. The normalized spacial score (nSPS) is 17.1. The summed E-state index contributed by atoms with van der Waals surface area (Å²) in [5.74, 6) is 0. The Labute approximate surface area is 164 Å². The fraction of sp³-hybridized carbons (Fsp3) is 0.222. The largest absolute Gasteiger partial charge is 0.330 e. The van der Waals surface area contributed by atoms with Crippen molar-refractivity contribution in [2.45, 2.75) is 12.7 Å². The summed E-state index contributed by atoms with van der Waals surface area (Å²) in [7, 11) is 1.89. The summed E-state index contributed by atoms with van der Waals surface area (Å²) < 4.78 is 1.06. The van der Waals surface area contributed by atoms with E-state index in [9.17, 15) is 0 Å². The summed E-state index contributed by atoms with van der Waals surface area (Å²) in [5, 5.41) is 6.82. The van der Waals surface area contributed by atoms with Crippen molar-refractivity contribution < 1.29 is 0 Å². The molecule has 0 radical (unpaired) electrons. The van der Waals surface area contributed by atoms with Gasteiger partial charge in [-0.15, -0.1) is 11.3 Å². The number of hydrogen-bond donors (Lipinski definition) is 2. The molecule has 1 aromatic carbocycles. The lowest BCUT2D eigenvalue weighted by Gasteiger charge is -2.28. The number of nitrogens with one attached hydrogen (secondary N) is 1. The monoisotopic (exact) mass is 403 g/mol. The van der Waals surface area contributed by atoms with Crippen LogP contribution in [-0.2, 0) is 6.42 Å². The van der Waals surface area contributed by atoms with Crippen molar-refractivity contribution in [3.63, 3.8) is 0 Å². The third-order valence-electron chi connectivity index (χ3n) is 4.10. The number of anilines is 1. The lowest BCUT2D eigenvalue weighted by atomic mass is 10.1. The van der Waals surface area contributed by atoms with Crippen LogP contribution >= 0.6 is 34.3 Å². The second kappa shape index (κ2) is 7.46. The number of aromatic nitrogens is 1. The van der Waals surface area contributed by atoms with E-state index in [1.165, 1.54) is 0 Å². The number of nitrogens with two attached hydrogens (primary N) is 1. The molecule has 0 saturated carbocycles. The first-order valence-electron chi connectivity index (χ1n) is 8.24. The van der Waals surface area contributed by atoms with Crippen LogP contribution in [0, 0.1) is 0 Å². The second-order valence-corrected chi connectivity index (χ2v) is 8.20. The van der Waals surface area contributed by atoms with Gasteiger partial charge in [0.05, 0.1) is 20.3 Å². The van der Waals surface area contributed by atoms with Crippen LogP contribution in [-0.4, -0.2) is 30.6 Å². The number of halogens is 1. The summed E-state index contributed by atoms with van der Waals surface area (Å²) >= 11 is 9.73. The van der Waals surface area contributed by atoms with E-state index in [0.29, 0.717) is 11.6 Å². The topological polar surface area (TPSA) is 66.5 Å². The van der Waals surface area contributed by atoms with Crippen molar-refractivity contribution in [3.8, 4) is 0 Å². The molecule has 8 heteroatoms. The molecule has 1 aliphatic heterocycles. The quantitative estimate of drug-likeness (QED) is 0.679. The van der Waals surface area contributed by atoms with Crippen LogP contribution in [0.15, 0.2) is 46.9 Å². The van der Waals surface area contributed by atoms with Gasteiger partial charge in [0.1, 0.15) is 5.52 Å². The molecule has 0 spiro atoms. The third-order valence-corrected chi connectivity index (χ3v) is 6.30. The maximum absolute atomic E-state index is 6.44. The molecule has 5 nitrogen and oxygen atoms in total. The van der Waals surface area contributed by atoms with Crippen LogP contribution in [0.5, 0.6) is 0 Å². The van der Waals surface area contributed by atoms with E-state index in [1.54, 1.807) is 22.7 Å². The number of aliphatic imine (C=N–C) groups is 1. The van der Waals surface area contributed by atoms with Crippen molar-refractivity contribution in [2.75, 3.05) is 18.5 Å². The summed E-state index contributed by atoms with van der Waals surface area (Å²) in [6.07, 6.45) is 4.64. The molecule has 0 bridgehead atoms. The standard InChI is InChI=1S/C18H18ClN5S2/c1-21-17-22-13(14-3-2-8-25-14)5-7-24(17)18-23-16-12(19)9-11(4-6-20)10-15(16)26-18/h2-3,5,7-10,17,21H,4,6,20H2,1H3. The summed E-state index contributed by atoms with van der Waals surface area (Å²) in [5.41, 5.74) is 8.60. The number of fused-ring (bicyclic) bond motifs is 1. The maximum atomic E-state index is 6.44. The molecule has 2 aromatic heterocycles. The molecular weight excluding hydrogens is 386 g/mol. The molecule has 3 N–H and O–H groups in total. The molecule has 134 valence electrons. The molecule has 3 aromatic rings. The smallest absolute Gasteiger partial charge is 0.193 e. The highest BCUT2D eigenvalue weighted by Gasteiger charge is 2.23. The zero-order valence-electron chi connectivity index (χ0n) is 14.1. The Morgan fingerprint density at radius 1 is 1.38 bits per heavy atom. The van der Waals surface area contributed by atoms with Crippen LogP contribution in [0.4, 0.5) is 5.13 Å². The molecule has 1 aliphatic rings. The van der Waals surface area contributed by atoms with E-state index in [-0.39, 0.29) is 6.29 Å². The number of hydrogen-bond acceptors (Lipinski definition) is 7. The minimum absolute atomic E-state index is 0.208. The van der Waals surface area contributed by atoms with Crippen LogP contribution in [0.2, 0.25) is 5.02 Å². The Hall–Kier alpha value is -1.77. The maximum Gasteiger partial charge on any atom is 0.193 e. The Bertz CT molecular complexity index is 977. The van der Waals surface area contributed by atoms with Gasteiger partial charge in [-0.05, 0) is 55.2 Å². The summed E-state index contributed by atoms with van der Waals surface area (Å²) in [6.45, 7) is 0.602. The zero-order valence-corrected chi connectivity index (χ0v) is 16.5. The molecule has 0 amide bonds. The summed E-state index contributed by atoms with van der Waals surface area (Å²) in [6, 6.07) is 8.19. The van der Waals surface area contributed by atoms with Gasteiger partial charge in [-0.2, -0.15) is 0 Å². The van der Waals surface area contributed by atoms with Gasteiger partial charge in [0.25, 0.3) is 0 Å². The highest BCUT2D eigenvalue weighted by molar-refractivity contribution is 7.22. The van der Waals surface area contributed by atoms with Crippen molar-refractivity contribution in [1.29, 1.82) is 0 Å². The molecule has 3 heterocycles. The van der Waals surface area contributed by atoms with Crippen molar-refractivity contribution in [1.82, 2.24) is 10.3 Å². The van der Waals surface area contributed by atoms with Gasteiger partial charge in [-0.3, -0.25) is 10.2 Å². The lowest BCUT2D eigenvalue weighted by Crippen LogP contribution is -2.42. The van der Waals surface area contributed by atoms with Gasteiger partial charge < -0.3 is 5.73 Å². The van der Waals surface area contributed by atoms with Gasteiger partial charge in [-0.1, -0.05) is 29.0 Å². The van der Waals surface area contributed by atoms with Gasteiger partial charge in [0.15, 0.2) is 11.4 Å². The fourth-order valence-electron chi connectivity index (χ4n) is 2.86. The predicted octanol–water partition coefficient (Wildman–Crippen LogP) is 3.84. The number of thiophene rings is 1. The molecule has 1 unspecified atom stereocenters. The van der Waals surface area contributed by atoms with Gasteiger partial charge in [0.2, 0.25) is 0 Å². The number of thiazole rings is 1. The molecular formula is C18H18ClN5S2. The average molecular weight is 404 g/mol. The van der Waals surface area contributed by atoms with Crippen LogP contribution < -0.4 is 16.0 Å². The van der Waals surface area contributed by atoms with E-state index in [0.717, 1.165) is 37.9 Å². The average Bonchev–Trinajstić information content (AvgIpc) is 3.31. The Kier molecular flexibility index (Phi) is 5.06. The van der Waals surface area contributed by atoms with Crippen LogP contribution in [0.1, 0.15) is 10.4 Å². The number of benzene rings is 1. The minimum Gasteiger partial charge on any atom is -0.330 e. The first kappa shape index (κ1) is 17.6. The molecule has 4 rings (SSSR count). The highest BCUT2D eigenvalue weighted by Crippen LogP contribution is 2.35. The van der Waals surface area contributed by atoms with Crippen molar-refractivity contribution in [2.24, 2.45) is 10.7 Å². The molecule has 26 heavy (non-hydrogen) atoms. The predicted molar refractivity (Wildman–Crippen MR) is 113 cm³/mol. The van der Waals surface area contributed by atoms with Crippen molar-refractivity contribution >= 4 is 55.3 Å². The van der Waals surface area contributed by atoms with E-state index >= 15 is 0 Å². The van der Waals surface area contributed by atoms with Crippen molar-refractivity contribution in [3.05, 3.63) is 57.4 Å². The molecule has 1 atom stereocenters. The van der Waals surface area contributed by atoms with Gasteiger partial charge >= 0.3 is 0 Å². The van der Waals surface area contributed by atoms with E-state index in [2.05, 4.69) is 22.8 Å². The second-order valence-electron chi connectivity index (χ2n) is 5.84. The molecule has 0 saturated heterocycles. The molecule has 0 aliphatic carbocycles. The Balaban J connectivity index is 1.69. The number of rotatable bonds is 5. The zero-order chi connectivity index (χ0) is 18.1. The molecule has 0 fully saturated rings. The summed E-state index contributed by atoms with van der Waals surface area (Å²) in [4.78, 5) is 12.7. The lowest BCUT2D eigenvalue weighted by molar-refractivity contribution is 0.587. The third kappa shape index (κ3) is 3.28. The minimum atomic E-state index is -0.208. The van der Waals surface area contributed by atoms with E-state index in [1.807, 2.05) is 36.4 Å². The highest BCUT2D eigenvalue weighted by atomic mass is 35.5. The fourth-order valence-corrected chi connectivity index (χ4v) is 4.97. The van der Waals surface area contributed by atoms with E-state index < -0.39 is 0 Å². The van der Waals surface area contributed by atoms with Gasteiger partial charge in [0, 0.05) is 6.20 Å². The van der Waals surface area contributed by atoms with Crippen LogP contribution in [0.25, 0.3) is 10.2 Å². The van der Waals surface area contributed by atoms with Crippen LogP contribution in [0.3, 0.4) is 0 Å².